The van der Waals surface area contributed by atoms with E-state index in [1.165, 1.54) is 60.3 Å². The van der Waals surface area contributed by atoms with Crippen LogP contribution in [-0.2, 0) is 5.41 Å². The first-order valence-corrected chi connectivity index (χ1v) is 18.4. The highest BCUT2D eigenvalue weighted by Gasteiger charge is 2.25. The number of benzene rings is 5. The molecular weight excluding hydrogens is 629 g/mol. The van der Waals surface area contributed by atoms with Crippen LogP contribution >= 0.6 is 0 Å². The van der Waals surface area contributed by atoms with Crippen molar-refractivity contribution in [3.8, 4) is 11.4 Å². The van der Waals surface area contributed by atoms with E-state index in [4.69, 9.17) is 0 Å². The number of aromatic nitrogens is 2. The summed E-state index contributed by atoms with van der Waals surface area (Å²) in [5, 5.41) is 4.98. The van der Waals surface area contributed by atoms with Crippen molar-refractivity contribution >= 4 is 49.2 Å². The van der Waals surface area contributed by atoms with Gasteiger partial charge in [0.1, 0.15) is 0 Å². The van der Waals surface area contributed by atoms with E-state index >= 15 is 0 Å². The highest BCUT2D eigenvalue weighted by atomic mass is 15.0. The third kappa shape index (κ3) is 5.81. The van der Waals surface area contributed by atoms with Gasteiger partial charge >= 0.3 is 0 Å². The van der Waals surface area contributed by atoms with E-state index < -0.39 is 0 Å². The van der Waals surface area contributed by atoms with Crippen LogP contribution in [0.15, 0.2) is 188 Å². The van der Waals surface area contributed by atoms with E-state index in [-0.39, 0.29) is 5.41 Å². The summed E-state index contributed by atoms with van der Waals surface area (Å²) >= 11 is 0. The van der Waals surface area contributed by atoms with Crippen molar-refractivity contribution in [1.29, 1.82) is 0 Å². The van der Waals surface area contributed by atoms with E-state index in [0.29, 0.717) is 0 Å². The molecule has 0 atom stereocenters. The lowest BCUT2D eigenvalue weighted by Gasteiger charge is -2.27. The SMILES string of the molecule is C=C/C=C(\C=C/CC)c1ccc2c(c1)c1cc3c4ccccc4n(-c4ccc(C(C)(C)C5=C/C=C\C/C=C\C=C\5)cc4)c3cc1n2-c1ccccc1. The third-order valence-corrected chi connectivity index (χ3v) is 10.5. The molecule has 0 bridgehead atoms. The smallest absolute Gasteiger partial charge is 0.0562 e. The number of hydrogen-bond acceptors (Lipinski definition) is 0. The summed E-state index contributed by atoms with van der Waals surface area (Å²) in [4.78, 5) is 0. The Morgan fingerprint density at radius 1 is 0.673 bits per heavy atom. The fraction of sp³-hybridized carbons (Fsp3) is 0.120. The van der Waals surface area contributed by atoms with E-state index in [1.807, 2.05) is 6.08 Å². The Balaban J connectivity index is 1.35. The molecule has 7 aromatic rings. The predicted molar refractivity (Wildman–Crippen MR) is 226 cm³/mol. The van der Waals surface area contributed by atoms with Crippen LogP contribution in [0.25, 0.3) is 60.6 Å². The van der Waals surface area contributed by atoms with Crippen molar-refractivity contribution in [2.75, 3.05) is 0 Å². The molecule has 0 saturated heterocycles. The Morgan fingerprint density at radius 3 is 2.12 bits per heavy atom. The second kappa shape index (κ2) is 13.9. The van der Waals surface area contributed by atoms with Crippen molar-refractivity contribution in [1.82, 2.24) is 9.13 Å². The first-order chi connectivity index (χ1) is 25.5. The minimum absolute atomic E-state index is 0.160. The lowest BCUT2D eigenvalue weighted by molar-refractivity contribution is 0.639. The van der Waals surface area contributed by atoms with Gasteiger partial charge in [-0.2, -0.15) is 0 Å². The molecule has 0 N–H and O–H groups in total. The maximum absolute atomic E-state index is 4.00. The van der Waals surface area contributed by atoms with Crippen LogP contribution in [-0.4, -0.2) is 9.13 Å². The van der Waals surface area contributed by atoms with Gasteiger partial charge in [-0.3, -0.25) is 0 Å². The summed E-state index contributed by atoms with van der Waals surface area (Å²) in [7, 11) is 0. The monoisotopic (exact) mass is 672 g/mol. The molecule has 2 nitrogen and oxygen atoms in total. The van der Waals surface area contributed by atoms with Crippen molar-refractivity contribution < 1.29 is 0 Å². The standard InChI is InChI=1S/C50H44N2/c1-5-7-20-36(19-6-2)37-27-32-47-43(33-37)45-34-44-42-25-17-18-26-46(42)52(48(44)35-49(45)51(47)40-23-15-12-16-24-40)41-30-28-39(29-31-41)50(3,4)38-21-13-10-8-9-11-14-22-38/h6-8,10-35H,2,5,9H2,1,3-4H3/b10-8-,14-11-,20-7-,21-13+,36-19+,38-22+. The van der Waals surface area contributed by atoms with Crippen LogP contribution in [0.3, 0.4) is 0 Å². The highest BCUT2D eigenvalue weighted by molar-refractivity contribution is 6.19. The van der Waals surface area contributed by atoms with Gasteiger partial charge in [-0.1, -0.05) is 149 Å². The van der Waals surface area contributed by atoms with Crippen LogP contribution < -0.4 is 0 Å². The van der Waals surface area contributed by atoms with Crippen molar-refractivity contribution in [3.63, 3.8) is 0 Å². The lowest BCUT2D eigenvalue weighted by Crippen LogP contribution is -2.19. The summed E-state index contributed by atoms with van der Waals surface area (Å²) < 4.78 is 4.86. The van der Waals surface area contributed by atoms with E-state index in [0.717, 1.165) is 29.8 Å². The molecule has 52 heavy (non-hydrogen) atoms. The molecule has 0 aliphatic heterocycles. The Labute approximate surface area is 307 Å². The molecule has 0 spiro atoms. The molecule has 0 saturated carbocycles. The predicted octanol–water partition coefficient (Wildman–Crippen LogP) is 13.7. The van der Waals surface area contributed by atoms with Gasteiger partial charge in [-0.25, -0.2) is 0 Å². The Morgan fingerprint density at radius 2 is 1.35 bits per heavy atom. The van der Waals surface area contributed by atoms with Crippen molar-refractivity contribution in [3.05, 3.63) is 199 Å². The summed E-state index contributed by atoms with van der Waals surface area (Å²) in [6.45, 7) is 10.8. The molecule has 254 valence electrons. The fourth-order valence-electron chi connectivity index (χ4n) is 7.73. The minimum Gasteiger partial charge on any atom is -0.309 e. The molecule has 2 aromatic heterocycles. The van der Waals surface area contributed by atoms with Crippen LogP contribution in [0.4, 0.5) is 0 Å². The molecule has 1 aliphatic carbocycles. The highest BCUT2D eigenvalue weighted by Crippen LogP contribution is 2.41. The summed E-state index contributed by atoms with van der Waals surface area (Å²) in [6, 6.07) is 40.4. The van der Waals surface area contributed by atoms with Crippen LogP contribution in [0.1, 0.15) is 44.7 Å². The lowest BCUT2D eigenvalue weighted by atomic mass is 9.77. The molecule has 0 radical (unpaired) electrons. The molecular formula is C50H44N2. The van der Waals surface area contributed by atoms with E-state index in [2.05, 4.69) is 206 Å². The maximum Gasteiger partial charge on any atom is 0.0562 e. The molecule has 2 heterocycles. The van der Waals surface area contributed by atoms with Gasteiger partial charge in [0, 0.05) is 38.3 Å². The summed E-state index contributed by atoms with van der Waals surface area (Å²) in [5.41, 5.74) is 11.8. The van der Waals surface area contributed by atoms with Crippen molar-refractivity contribution in [2.24, 2.45) is 0 Å². The summed E-state index contributed by atoms with van der Waals surface area (Å²) in [6.07, 6.45) is 25.7. The molecule has 1 aliphatic rings. The van der Waals surface area contributed by atoms with Gasteiger partial charge in [-0.15, -0.1) is 0 Å². The minimum atomic E-state index is -0.160. The molecule has 2 heteroatoms. The molecule has 8 rings (SSSR count). The Hall–Kier alpha value is -6.12. The quantitative estimate of drug-likeness (QED) is 0.142. The fourth-order valence-corrected chi connectivity index (χ4v) is 7.73. The van der Waals surface area contributed by atoms with Crippen LogP contribution in [0, 0.1) is 0 Å². The third-order valence-electron chi connectivity index (χ3n) is 10.5. The average molecular weight is 673 g/mol. The number of nitrogens with zero attached hydrogens (tertiary/aromatic N) is 2. The summed E-state index contributed by atoms with van der Waals surface area (Å²) in [5.74, 6) is 0. The van der Waals surface area contributed by atoms with Crippen LogP contribution in [0.2, 0.25) is 0 Å². The second-order valence-corrected chi connectivity index (χ2v) is 14.1. The first-order valence-electron chi connectivity index (χ1n) is 18.4. The average Bonchev–Trinajstić information content (AvgIpc) is 3.72. The van der Waals surface area contributed by atoms with E-state index in [1.54, 1.807) is 0 Å². The molecule has 0 fully saturated rings. The Bertz CT molecular complexity index is 2640. The molecule has 5 aromatic carbocycles. The van der Waals surface area contributed by atoms with Crippen LogP contribution in [0.5, 0.6) is 0 Å². The topological polar surface area (TPSA) is 9.86 Å². The van der Waals surface area contributed by atoms with Gasteiger partial charge in [-0.05, 0) is 89.7 Å². The van der Waals surface area contributed by atoms with Gasteiger partial charge in [0.2, 0.25) is 0 Å². The van der Waals surface area contributed by atoms with Gasteiger partial charge in [0.05, 0.1) is 22.1 Å². The largest absolute Gasteiger partial charge is 0.309 e. The molecule has 0 amide bonds. The number of hydrogen-bond donors (Lipinski definition) is 0. The van der Waals surface area contributed by atoms with Gasteiger partial charge in [0.15, 0.2) is 0 Å². The zero-order valence-corrected chi connectivity index (χ0v) is 30.3. The number of rotatable bonds is 8. The first kappa shape index (κ1) is 33.0. The number of allylic oxidation sites excluding steroid dienone is 13. The zero-order chi connectivity index (χ0) is 35.7. The van der Waals surface area contributed by atoms with Crippen molar-refractivity contribution in [2.45, 2.75) is 39.0 Å². The Kier molecular flexibility index (Phi) is 8.83. The molecule has 0 unspecified atom stereocenters. The number of para-hydroxylation sites is 2. The second-order valence-electron chi connectivity index (χ2n) is 14.1. The maximum atomic E-state index is 4.00. The number of fused-ring (bicyclic) bond motifs is 6. The van der Waals surface area contributed by atoms with Gasteiger partial charge < -0.3 is 9.13 Å². The van der Waals surface area contributed by atoms with Gasteiger partial charge in [0.25, 0.3) is 0 Å². The van der Waals surface area contributed by atoms with E-state index in [9.17, 15) is 0 Å². The normalized spacial score (nSPS) is 16.9. The zero-order valence-electron chi connectivity index (χ0n) is 30.3.